The number of piperidine rings is 1. The van der Waals surface area contributed by atoms with Crippen molar-refractivity contribution in [2.45, 2.75) is 70.2 Å². The number of carbonyl (C=O) groups excluding carboxylic acids is 1. The lowest BCUT2D eigenvalue weighted by Crippen LogP contribution is -2.41. The number of amides is 1. The van der Waals surface area contributed by atoms with Crippen molar-refractivity contribution in [1.82, 2.24) is 10.2 Å². The molecule has 5 rings (SSSR count). The van der Waals surface area contributed by atoms with Crippen molar-refractivity contribution in [2.75, 3.05) is 19.6 Å². The van der Waals surface area contributed by atoms with Gasteiger partial charge < -0.3 is 29.9 Å². The normalized spacial score (nSPS) is 21.1. The lowest BCUT2D eigenvalue weighted by atomic mass is 9.97. The maximum atomic E-state index is 12.1. The van der Waals surface area contributed by atoms with Gasteiger partial charge in [0.2, 0.25) is 5.91 Å². The number of carboxylic acids is 1. The number of likely N-dealkylation sites (tertiary alicyclic amines) is 1. The minimum atomic E-state index is -0.986. The summed E-state index contributed by atoms with van der Waals surface area (Å²) in [5.41, 5.74) is 5.86. The number of aliphatic carboxylic acids is 1. The smallest absolute Gasteiger partial charge is 0.303 e. The number of carboxylic acid groups (broad SMARTS) is 1. The van der Waals surface area contributed by atoms with E-state index in [2.05, 4.69) is 10.2 Å². The molecule has 3 aromatic carbocycles. The van der Waals surface area contributed by atoms with E-state index >= 15 is 0 Å². The first-order chi connectivity index (χ1) is 20.5. The molecule has 2 heterocycles. The third-order valence-corrected chi connectivity index (χ3v) is 8.08. The van der Waals surface area contributed by atoms with Crippen LogP contribution in [0.1, 0.15) is 73.2 Å². The fourth-order valence-corrected chi connectivity index (χ4v) is 5.74. The second-order valence-electron chi connectivity index (χ2n) is 11.2. The number of aliphatic hydroxyl groups is 1. The highest BCUT2D eigenvalue weighted by molar-refractivity contribution is 5.80. The molecule has 2 saturated heterocycles. The number of rotatable bonds is 11. The van der Waals surface area contributed by atoms with Gasteiger partial charge in [0, 0.05) is 31.5 Å². The quantitative estimate of drug-likeness (QED) is 0.284. The standard InChI is InChI=1S/C34H40N2O6/c37-23-24-8-10-26(11-9-24)31-20-29(22-36-18-4-1-5-19-36)41-34(42-31)27-14-12-25(13-15-27)30-7-3-2-6-28(30)21-35-32(38)16-17-33(39)40/h2-3,6-15,29,31,34,37H,1,4-5,16-23H2,(H,35,38)(H,39,40). The van der Waals surface area contributed by atoms with Crippen molar-refractivity contribution in [3.63, 3.8) is 0 Å². The lowest BCUT2D eigenvalue weighted by Gasteiger charge is -2.39. The molecular formula is C34H40N2O6. The first-order valence-electron chi connectivity index (χ1n) is 14.9. The summed E-state index contributed by atoms with van der Waals surface area (Å²) in [6, 6.07) is 24.0. The highest BCUT2D eigenvalue weighted by Gasteiger charge is 2.33. The number of benzene rings is 3. The minimum Gasteiger partial charge on any atom is -0.481 e. The summed E-state index contributed by atoms with van der Waals surface area (Å²) in [6.45, 7) is 3.43. The average Bonchev–Trinajstić information content (AvgIpc) is 3.03. The number of hydrogen-bond acceptors (Lipinski definition) is 6. The summed E-state index contributed by atoms with van der Waals surface area (Å²) >= 11 is 0. The van der Waals surface area contributed by atoms with E-state index in [1.807, 2.05) is 72.8 Å². The van der Waals surface area contributed by atoms with E-state index in [-0.39, 0.29) is 37.6 Å². The highest BCUT2D eigenvalue weighted by Crippen LogP contribution is 2.39. The van der Waals surface area contributed by atoms with Gasteiger partial charge in [-0.1, -0.05) is 79.2 Å². The molecule has 3 unspecified atom stereocenters. The Hall–Kier alpha value is -3.56. The molecule has 42 heavy (non-hydrogen) atoms. The maximum Gasteiger partial charge on any atom is 0.303 e. The summed E-state index contributed by atoms with van der Waals surface area (Å²) in [5.74, 6) is -1.27. The Bertz CT molecular complexity index is 1320. The van der Waals surface area contributed by atoms with Crippen LogP contribution in [0.15, 0.2) is 72.8 Å². The van der Waals surface area contributed by atoms with E-state index in [9.17, 15) is 14.7 Å². The Morgan fingerprint density at radius 1 is 0.857 bits per heavy atom. The molecule has 0 radical (unpaired) electrons. The van der Waals surface area contributed by atoms with Gasteiger partial charge in [-0.3, -0.25) is 9.59 Å². The van der Waals surface area contributed by atoms with Crippen LogP contribution in [0.2, 0.25) is 0 Å². The molecule has 0 aliphatic carbocycles. The molecule has 8 nitrogen and oxygen atoms in total. The molecule has 0 bridgehead atoms. The first-order valence-corrected chi connectivity index (χ1v) is 14.9. The van der Waals surface area contributed by atoms with Gasteiger partial charge in [0.15, 0.2) is 6.29 Å². The molecule has 0 spiro atoms. The molecule has 8 heteroatoms. The fraction of sp³-hybridized carbons (Fsp3) is 0.412. The number of carbonyl (C=O) groups is 2. The molecule has 0 aromatic heterocycles. The van der Waals surface area contributed by atoms with Crippen LogP contribution < -0.4 is 5.32 Å². The molecule has 3 N–H and O–H groups in total. The van der Waals surface area contributed by atoms with E-state index < -0.39 is 12.3 Å². The number of nitrogens with zero attached hydrogens (tertiary/aromatic N) is 1. The van der Waals surface area contributed by atoms with Crippen molar-refractivity contribution < 1.29 is 29.3 Å². The Kier molecular flexibility index (Phi) is 10.4. The van der Waals surface area contributed by atoms with E-state index in [4.69, 9.17) is 14.6 Å². The Balaban J connectivity index is 1.31. The SMILES string of the molecule is O=C(O)CCC(=O)NCc1ccccc1-c1ccc(C2OC(CN3CCCCC3)CC(c3ccc(CO)cc3)O2)cc1. The van der Waals surface area contributed by atoms with Gasteiger partial charge in [-0.15, -0.1) is 0 Å². The van der Waals surface area contributed by atoms with Crippen LogP contribution in [0.25, 0.3) is 11.1 Å². The van der Waals surface area contributed by atoms with Gasteiger partial charge in [0.05, 0.1) is 25.2 Å². The lowest BCUT2D eigenvalue weighted by molar-refractivity contribution is -0.253. The largest absolute Gasteiger partial charge is 0.481 e. The minimum absolute atomic E-state index is 0.0156. The molecular weight excluding hydrogens is 532 g/mol. The number of hydrogen-bond donors (Lipinski definition) is 3. The number of ether oxygens (including phenoxy) is 2. The van der Waals surface area contributed by atoms with Gasteiger partial charge in [0.1, 0.15) is 0 Å². The van der Waals surface area contributed by atoms with Crippen LogP contribution in [0, 0.1) is 0 Å². The Morgan fingerprint density at radius 3 is 2.29 bits per heavy atom. The van der Waals surface area contributed by atoms with Crippen molar-refractivity contribution in [3.05, 3.63) is 95.1 Å². The topological polar surface area (TPSA) is 108 Å². The van der Waals surface area contributed by atoms with Gasteiger partial charge in [0.25, 0.3) is 0 Å². The number of aliphatic hydroxyl groups excluding tert-OH is 1. The predicted molar refractivity (Wildman–Crippen MR) is 159 cm³/mol. The predicted octanol–water partition coefficient (Wildman–Crippen LogP) is 5.36. The summed E-state index contributed by atoms with van der Waals surface area (Å²) < 4.78 is 13.1. The second kappa shape index (κ2) is 14.6. The second-order valence-corrected chi connectivity index (χ2v) is 11.2. The van der Waals surface area contributed by atoms with E-state index in [0.717, 1.165) is 59.4 Å². The summed E-state index contributed by atoms with van der Waals surface area (Å²) in [6.07, 6.45) is 3.71. The van der Waals surface area contributed by atoms with E-state index in [0.29, 0.717) is 6.54 Å². The van der Waals surface area contributed by atoms with Gasteiger partial charge in [-0.05, 0) is 53.7 Å². The van der Waals surface area contributed by atoms with Crippen molar-refractivity contribution in [1.29, 1.82) is 0 Å². The van der Waals surface area contributed by atoms with Crippen molar-refractivity contribution >= 4 is 11.9 Å². The van der Waals surface area contributed by atoms with E-state index in [1.54, 1.807) is 0 Å². The van der Waals surface area contributed by atoms with Crippen LogP contribution >= 0.6 is 0 Å². The molecule has 1 amide bonds. The van der Waals surface area contributed by atoms with Crippen molar-refractivity contribution in [3.8, 4) is 11.1 Å². The zero-order valence-corrected chi connectivity index (χ0v) is 23.9. The summed E-state index contributed by atoms with van der Waals surface area (Å²) in [4.78, 5) is 25.4. The van der Waals surface area contributed by atoms with Gasteiger partial charge in [-0.25, -0.2) is 0 Å². The first kappa shape index (κ1) is 29.9. The average molecular weight is 573 g/mol. The monoisotopic (exact) mass is 572 g/mol. The van der Waals surface area contributed by atoms with Crippen molar-refractivity contribution in [2.24, 2.45) is 0 Å². The van der Waals surface area contributed by atoms with Crippen LogP contribution in [0.4, 0.5) is 0 Å². The highest BCUT2D eigenvalue weighted by atomic mass is 16.7. The molecule has 2 aliphatic rings. The molecule has 222 valence electrons. The fourth-order valence-electron chi connectivity index (χ4n) is 5.74. The number of nitrogens with one attached hydrogen (secondary N) is 1. The molecule has 3 atom stereocenters. The maximum absolute atomic E-state index is 12.1. The van der Waals surface area contributed by atoms with Crippen LogP contribution in [0.5, 0.6) is 0 Å². The van der Waals surface area contributed by atoms with Crippen LogP contribution in [-0.2, 0) is 32.2 Å². The molecule has 2 aliphatic heterocycles. The molecule has 3 aromatic rings. The van der Waals surface area contributed by atoms with E-state index in [1.165, 1.54) is 19.3 Å². The zero-order chi connectivity index (χ0) is 29.3. The van der Waals surface area contributed by atoms with Crippen LogP contribution in [0.3, 0.4) is 0 Å². The van der Waals surface area contributed by atoms with Gasteiger partial charge >= 0.3 is 5.97 Å². The third-order valence-electron chi connectivity index (χ3n) is 8.08. The molecule has 0 saturated carbocycles. The molecule has 2 fully saturated rings. The third kappa shape index (κ3) is 8.04. The Morgan fingerprint density at radius 2 is 1.57 bits per heavy atom. The van der Waals surface area contributed by atoms with Gasteiger partial charge in [-0.2, -0.15) is 0 Å². The Labute approximate surface area is 247 Å². The zero-order valence-electron chi connectivity index (χ0n) is 23.9. The summed E-state index contributed by atoms with van der Waals surface area (Å²) in [7, 11) is 0. The van der Waals surface area contributed by atoms with Crippen LogP contribution in [-0.4, -0.2) is 52.7 Å². The summed E-state index contributed by atoms with van der Waals surface area (Å²) in [5, 5.41) is 21.1.